The molecule has 0 saturated carbocycles. The Morgan fingerprint density at radius 3 is 2.04 bits per heavy atom. The van der Waals surface area contributed by atoms with Gasteiger partial charge in [-0.05, 0) is 0 Å². The zero-order valence-electron chi connectivity index (χ0n) is 16.0. The fraction of sp³-hybridized carbons (Fsp3) is 0.263. The Kier molecular flexibility index (Phi) is 6.57. The summed E-state index contributed by atoms with van der Waals surface area (Å²) < 4.78 is 28.5. The van der Waals surface area contributed by atoms with E-state index in [4.69, 9.17) is 0 Å². The third-order valence-corrected chi connectivity index (χ3v) is 5.88. The molecule has 0 aliphatic carbocycles. The number of carbonyl (C=O) groups is 2. The Labute approximate surface area is 173 Å². The Hall–Kier alpha value is -2.31. The maximum atomic E-state index is 12.6. The van der Waals surface area contributed by atoms with Crippen molar-refractivity contribution in [2.75, 3.05) is 15.4 Å². The Bertz CT molecular complexity index is 997. The van der Waals surface area contributed by atoms with Crippen LogP contribution in [0.5, 0.6) is 0 Å². The monoisotopic (exact) mass is 463 g/mol. The van der Waals surface area contributed by atoms with Crippen LogP contribution in [0.25, 0.3) is 0 Å². The van der Waals surface area contributed by atoms with Crippen molar-refractivity contribution < 1.29 is 18.0 Å². The zero-order valence-corrected chi connectivity index (χ0v) is 18.7. The van der Waals surface area contributed by atoms with Gasteiger partial charge in [-0.3, -0.25) is 4.79 Å². The van der Waals surface area contributed by atoms with Crippen molar-refractivity contribution >= 4 is 60.1 Å². The molecule has 2 amide bonds. The van der Waals surface area contributed by atoms with Gasteiger partial charge in [0.1, 0.15) is 0 Å². The summed E-state index contributed by atoms with van der Waals surface area (Å²) >= 11 is 2.34. The standard InChI is InChI=1S/C19H22AsN3O4S/c1-12(24)21-13-5-8-15(9-6-13)28(26,27)23-14-7-10-16(20)17(11-14)22-18(25)19(2,3)4/h5-11,23H,1-4H3,(H,21,24)(H,22,25). The number of hydrogen-bond acceptors (Lipinski definition) is 4. The van der Waals surface area contributed by atoms with Crippen LogP contribution in [-0.4, -0.2) is 37.1 Å². The van der Waals surface area contributed by atoms with Gasteiger partial charge in [0.05, 0.1) is 0 Å². The summed E-state index contributed by atoms with van der Waals surface area (Å²) in [6.07, 6.45) is 0. The van der Waals surface area contributed by atoms with Crippen molar-refractivity contribution in [1.29, 1.82) is 0 Å². The molecule has 0 aliphatic rings. The molecular formula is C19H22AsN3O4S. The number of amides is 2. The topological polar surface area (TPSA) is 104 Å². The summed E-state index contributed by atoms with van der Waals surface area (Å²) in [5.74, 6) is -0.412. The molecular weight excluding hydrogens is 441 g/mol. The quantitative estimate of drug-likeness (QED) is 0.592. The van der Waals surface area contributed by atoms with Crippen LogP contribution in [0, 0.1) is 5.41 Å². The van der Waals surface area contributed by atoms with E-state index in [1.165, 1.54) is 31.2 Å². The zero-order chi connectivity index (χ0) is 21.1. The molecule has 148 valence electrons. The first kappa shape index (κ1) is 22.0. The molecule has 0 heterocycles. The number of carbonyl (C=O) groups excluding carboxylic acids is 2. The van der Waals surface area contributed by atoms with Crippen LogP contribution in [0.1, 0.15) is 27.7 Å². The number of sulfonamides is 1. The van der Waals surface area contributed by atoms with Crippen molar-refractivity contribution in [3.8, 4) is 0 Å². The van der Waals surface area contributed by atoms with E-state index in [1.54, 1.807) is 39.0 Å². The first-order chi connectivity index (χ1) is 12.9. The summed E-state index contributed by atoms with van der Waals surface area (Å²) in [6, 6.07) is 10.7. The Morgan fingerprint density at radius 2 is 1.50 bits per heavy atom. The number of nitrogens with one attached hydrogen (secondary N) is 3. The van der Waals surface area contributed by atoms with Crippen LogP contribution in [0.2, 0.25) is 0 Å². The van der Waals surface area contributed by atoms with Crippen molar-refractivity contribution in [2.45, 2.75) is 32.6 Å². The average Bonchev–Trinajstić information content (AvgIpc) is 2.56. The van der Waals surface area contributed by atoms with Crippen LogP contribution in [0.15, 0.2) is 47.4 Å². The second-order valence-corrected chi connectivity index (χ2v) is 9.94. The van der Waals surface area contributed by atoms with Crippen molar-refractivity contribution in [3.63, 3.8) is 0 Å². The molecule has 7 nitrogen and oxygen atoms in total. The van der Waals surface area contributed by atoms with Gasteiger partial charge in [-0.1, -0.05) is 0 Å². The molecule has 0 aromatic heterocycles. The van der Waals surface area contributed by atoms with Gasteiger partial charge in [0.15, 0.2) is 0 Å². The number of anilines is 3. The van der Waals surface area contributed by atoms with E-state index in [-0.39, 0.29) is 16.7 Å². The molecule has 0 aliphatic heterocycles. The fourth-order valence-corrected chi connectivity index (χ4v) is 3.60. The SMILES string of the molecule is CC(=O)Nc1ccc(S(=O)(=O)Nc2ccc([As])c(NC(=O)C(C)(C)C)c2)cc1. The van der Waals surface area contributed by atoms with Crippen molar-refractivity contribution in [1.82, 2.24) is 0 Å². The summed E-state index contributed by atoms with van der Waals surface area (Å²) in [5, 5.41) is 5.39. The minimum absolute atomic E-state index is 0.0539. The molecule has 2 rings (SSSR count). The normalized spacial score (nSPS) is 11.6. The van der Waals surface area contributed by atoms with Crippen LogP contribution in [0.4, 0.5) is 17.1 Å². The van der Waals surface area contributed by atoms with E-state index in [0.29, 0.717) is 17.1 Å². The first-order valence-electron chi connectivity index (χ1n) is 8.43. The molecule has 9 heteroatoms. The van der Waals surface area contributed by atoms with E-state index >= 15 is 0 Å². The van der Waals surface area contributed by atoms with Gasteiger partial charge in [-0.25, -0.2) is 0 Å². The maximum absolute atomic E-state index is 12.6. The van der Waals surface area contributed by atoms with Crippen LogP contribution in [-0.2, 0) is 19.6 Å². The van der Waals surface area contributed by atoms with Gasteiger partial charge in [0, 0.05) is 6.92 Å². The van der Waals surface area contributed by atoms with E-state index < -0.39 is 15.4 Å². The van der Waals surface area contributed by atoms with Gasteiger partial charge in [0.25, 0.3) is 0 Å². The molecule has 0 fully saturated rings. The van der Waals surface area contributed by atoms with Gasteiger partial charge >= 0.3 is 162 Å². The first-order valence-corrected chi connectivity index (χ1v) is 10.9. The third kappa shape index (κ3) is 5.84. The molecule has 0 spiro atoms. The number of rotatable bonds is 5. The predicted molar refractivity (Wildman–Crippen MR) is 111 cm³/mol. The second-order valence-electron chi connectivity index (χ2n) is 7.25. The summed E-state index contributed by atoms with van der Waals surface area (Å²) in [6.45, 7) is 6.76. The molecule has 2 aromatic carbocycles. The molecule has 2 radical (unpaired) electrons. The second kappa shape index (κ2) is 8.37. The number of hydrogen-bond donors (Lipinski definition) is 3. The summed E-state index contributed by atoms with van der Waals surface area (Å²) in [5.41, 5.74) is 0.766. The molecule has 0 bridgehead atoms. The molecule has 2 aromatic rings. The Balaban J connectivity index is 2.23. The molecule has 3 N–H and O–H groups in total. The van der Waals surface area contributed by atoms with Gasteiger partial charge in [-0.15, -0.1) is 0 Å². The van der Waals surface area contributed by atoms with Crippen molar-refractivity contribution in [2.24, 2.45) is 5.41 Å². The van der Waals surface area contributed by atoms with E-state index in [2.05, 4.69) is 32.2 Å². The van der Waals surface area contributed by atoms with E-state index in [1.807, 2.05) is 0 Å². The minimum atomic E-state index is -3.83. The van der Waals surface area contributed by atoms with Crippen LogP contribution >= 0.6 is 0 Å². The van der Waals surface area contributed by atoms with Gasteiger partial charge < -0.3 is 0 Å². The van der Waals surface area contributed by atoms with Crippen molar-refractivity contribution in [3.05, 3.63) is 42.5 Å². The van der Waals surface area contributed by atoms with E-state index in [9.17, 15) is 18.0 Å². The summed E-state index contributed by atoms with van der Waals surface area (Å²) in [4.78, 5) is 23.3. The summed E-state index contributed by atoms with van der Waals surface area (Å²) in [7, 11) is -3.83. The molecule has 0 atom stereocenters. The molecule has 0 unspecified atom stereocenters. The van der Waals surface area contributed by atoms with E-state index in [0.717, 1.165) is 4.35 Å². The number of benzene rings is 2. The van der Waals surface area contributed by atoms with Crippen LogP contribution < -0.4 is 19.7 Å². The molecule has 0 saturated heterocycles. The van der Waals surface area contributed by atoms with Gasteiger partial charge in [-0.2, -0.15) is 0 Å². The fourth-order valence-electron chi connectivity index (χ4n) is 2.14. The predicted octanol–water partition coefficient (Wildman–Crippen LogP) is 2.22. The Morgan fingerprint density at radius 1 is 0.929 bits per heavy atom. The van der Waals surface area contributed by atoms with Crippen LogP contribution in [0.3, 0.4) is 0 Å². The van der Waals surface area contributed by atoms with Gasteiger partial charge in [0.2, 0.25) is 0 Å². The third-order valence-electron chi connectivity index (χ3n) is 3.66. The average molecular weight is 463 g/mol. The molecule has 28 heavy (non-hydrogen) atoms.